The van der Waals surface area contributed by atoms with Gasteiger partial charge in [-0.15, -0.1) is 0 Å². The molecule has 1 rings (SSSR count). The van der Waals surface area contributed by atoms with E-state index >= 15 is 0 Å². The second-order valence-electron chi connectivity index (χ2n) is 2.36. The van der Waals surface area contributed by atoms with E-state index in [2.05, 4.69) is 0 Å². The van der Waals surface area contributed by atoms with Crippen LogP contribution in [0.1, 0.15) is 19.8 Å². The van der Waals surface area contributed by atoms with Crippen LogP contribution in [-0.2, 0) is 0 Å². The quantitative estimate of drug-likeness (QED) is 0.496. The molecule has 0 amide bonds. The summed E-state index contributed by atoms with van der Waals surface area (Å²) in [5, 5.41) is 0. The number of hydrogen-bond acceptors (Lipinski definition) is 0. The molecule has 0 unspecified atom stereocenters. The van der Waals surface area contributed by atoms with E-state index in [-0.39, 0.29) is 18.8 Å². The van der Waals surface area contributed by atoms with Gasteiger partial charge in [-0.05, 0) is 12.3 Å². The normalized spacial score (nSPS) is 27.4. The zero-order chi connectivity index (χ0) is 6.20. The molecule has 1 aliphatic rings. The van der Waals surface area contributed by atoms with E-state index in [0.29, 0.717) is 0 Å². The van der Waals surface area contributed by atoms with Gasteiger partial charge >= 0.3 is 0 Å². The Balaban J connectivity index is 2.21. The molecule has 1 saturated carbocycles. The van der Waals surface area contributed by atoms with Crippen LogP contribution in [0.15, 0.2) is 0 Å². The van der Waals surface area contributed by atoms with Crippen molar-refractivity contribution in [1.29, 1.82) is 0 Å². The summed E-state index contributed by atoms with van der Waals surface area (Å²) in [5.74, 6) is -2.15. The van der Waals surface area contributed by atoms with Crippen molar-refractivity contribution < 1.29 is 8.78 Å². The van der Waals surface area contributed by atoms with Crippen LogP contribution < -0.4 is 0 Å². The minimum Gasteiger partial charge on any atom is -0.207 e. The van der Waals surface area contributed by atoms with E-state index < -0.39 is 5.92 Å². The Morgan fingerprint density at radius 1 is 1.50 bits per heavy atom. The third-order valence-corrected chi connectivity index (χ3v) is 1.59. The summed E-state index contributed by atoms with van der Waals surface area (Å²) in [5.41, 5.74) is 0. The molecule has 47 valence electrons. The van der Waals surface area contributed by atoms with Crippen LogP contribution in [0.2, 0.25) is 0 Å². The number of alkyl halides is 2. The van der Waals surface area contributed by atoms with Crippen LogP contribution in [0.25, 0.3) is 0 Å². The van der Waals surface area contributed by atoms with Crippen molar-refractivity contribution >= 4 is 0 Å². The van der Waals surface area contributed by atoms with Gasteiger partial charge in [-0.1, -0.05) is 6.92 Å². The summed E-state index contributed by atoms with van der Waals surface area (Å²) in [6.45, 7) is 1.83. The first-order chi connectivity index (χ1) is 3.64. The van der Waals surface area contributed by atoms with Crippen molar-refractivity contribution in [1.82, 2.24) is 0 Å². The second-order valence-corrected chi connectivity index (χ2v) is 2.36. The molecule has 0 aromatic rings. The second kappa shape index (κ2) is 1.67. The minimum absolute atomic E-state index is 0.0729. The third kappa shape index (κ3) is 0.984. The van der Waals surface area contributed by atoms with Crippen LogP contribution >= 0.6 is 0 Å². The molecule has 0 aromatic heterocycles. The van der Waals surface area contributed by atoms with Crippen molar-refractivity contribution in [3.8, 4) is 0 Å². The molecule has 0 heterocycles. The molecule has 0 bridgehead atoms. The van der Waals surface area contributed by atoms with Crippen molar-refractivity contribution in [3.63, 3.8) is 0 Å². The van der Waals surface area contributed by atoms with Gasteiger partial charge in [-0.2, -0.15) is 0 Å². The first kappa shape index (κ1) is 5.99. The monoisotopic (exact) mass is 119 g/mol. The van der Waals surface area contributed by atoms with E-state index in [1.165, 1.54) is 0 Å². The summed E-state index contributed by atoms with van der Waals surface area (Å²) < 4.78 is 23.9. The third-order valence-electron chi connectivity index (χ3n) is 1.59. The predicted molar refractivity (Wildman–Crippen MR) is 27.6 cm³/mol. The summed E-state index contributed by atoms with van der Waals surface area (Å²) in [6, 6.07) is 0. The maximum absolute atomic E-state index is 12.0. The van der Waals surface area contributed by atoms with Crippen LogP contribution in [-0.4, -0.2) is 5.92 Å². The average molecular weight is 119 g/mol. The summed E-state index contributed by atoms with van der Waals surface area (Å²) >= 11 is 0. The Labute approximate surface area is 47.9 Å². The van der Waals surface area contributed by atoms with E-state index in [4.69, 9.17) is 0 Å². The minimum atomic E-state index is -2.34. The molecule has 0 aliphatic heterocycles. The van der Waals surface area contributed by atoms with Gasteiger partial charge in [0.15, 0.2) is 0 Å². The van der Waals surface area contributed by atoms with Crippen LogP contribution in [0.3, 0.4) is 0 Å². The van der Waals surface area contributed by atoms with Gasteiger partial charge in [0, 0.05) is 12.8 Å². The SMILES string of the molecule is C[CH]C1CC(F)(F)C1. The summed E-state index contributed by atoms with van der Waals surface area (Å²) in [6.07, 6.45) is 1.99. The van der Waals surface area contributed by atoms with E-state index in [9.17, 15) is 8.78 Å². The first-order valence-corrected chi connectivity index (χ1v) is 2.81. The number of hydrogen-bond donors (Lipinski definition) is 0. The highest BCUT2D eigenvalue weighted by Gasteiger charge is 2.43. The lowest BCUT2D eigenvalue weighted by Gasteiger charge is -2.33. The lowest BCUT2D eigenvalue weighted by molar-refractivity contribution is -0.100. The number of halogens is 2. The smallest absolute Gasteiger partial charge is 0.207 e. The Bertz CT molecular complexity index is 80.5. The van der Waals surface area contributed by atoms with Gasteiger partial charge < -0.3 is 0 Å². The molecular formula is C6H9F2. The molecule has 0 saturated heterocycles. The van der Waals surface area contributed by atoms with Gasteiger partial charge in [0.25, 0.3) is 0 Å². The Hall–Kier alpha value is -0.140. The molecular weight excluding hydrogens is 110 g/mol. The predicted octanol–water partition coefficient (Wildman–Crippen LogP) is 2.26. The van der Waals surface area contributed by atoms with E-state index in [1.807, 2.05) is 13.3 Å². The fourth-order valence-electron chi connectivity index (χ4n) is 0.943. The Kier molecular flexibility index (Phi) is 1.25. The lowest BCUT2D eigenvalue weighted by Crippen LogP contribution is -2.34. The van der Waals surface area contributed by atoms with Gasteiger partial charge in [0.2, 0.25) is 5.92 Å². The lowest BCUT2D eigenvalue weighted by atomic mass is 9.80. The topological polar surface area (TPSA) is 0 Å². The highest BCUT2D eigenvalue weighted by Crippen LogP contribution is 2.43. The van der Waals surface area contributed by atoms with Gasteiger partial charge in [0.05, 0.1) is 0 Å². The fourth-order valence-corrected chi connectivity index (χ4v) is 0.943. The maximum atomic E-state index is 12.0. The molecule has 2 heteroatoms. The van der Waals surface area contributed by atoms with E-state index in [0.717, 1.165) is 0 Å². The van der Waals surface area contributed by atoms with Crippen molar-refractivity contribution in [2.24, 2.45) is 5.92 Å². The zero-order valence-corrected chi connectivity index (χ0v) is 4.82. The van der Waals surface area contributed by atoms with Gasteiger partial charge in [-0.25, -0.2) is 8.78 Å². The summed E-state index contributed by atoms with van der Waals surface area (Å²) in [4.78, 5) is 0. The van der Waals surface area contributed by atoms with Crippen LogP contribution in [0.5, 0.6) is 0 Å². The maximum Gasteiger partial charge on any atom is 0.248 e. The molecule has 1 aliphatic carbocycles. The molecule has 8 heavy (non-hydrogen) atoms. The van der Waals surface area contributed by atoms with Crippen molar-refractivity contribution in [2.75, 3.05) is 0 Å². The number of rotatable bonds is 1. The molecule has 1 radical (unpaired) electrons. The average Bonchev–Trinajstić information content (AvgIpc) is 1.60. The molecule has 0 nitrogen and oxygen atoms in total. The van der Waals surface area contributed by atoms with Crippen LogP contribution in [0.4, 0.5) is 8.78 Å². The first-order valence-electron chi connectivity index (χ1n) is 2.81. The standard InChI is InChI=1S/C6H9F2/c1-2-5-3-6(7,8)4-5/h2,5H,3-4H2,1H3. The van der Waals surface area contributed by atoms with Gasteiger partial charge in [-0.3, -0.25) is 0 Å². The van der Waals surface area contributed by atoms with Crippen molar-refractivity contribution in [3.05, 3.63) is 6.42 Å². The van der Waals surface area contributed by atoms with Crippen molar-refractivity contribution in [2.45, 2.75) is 25.7 Å². The van der Waals surface area contributed by atoms with Crippen LogP contribution in [0, 0.1) is 12.3 Å². The largest absolute Gasteiger partial charge is 0.248 e. The molecule has 0 spiro atoms. The van der Waals surface area contributed by atoms with E-state index in [1.54, 1.807) is 0 Å². The Morgan fingerprint density at radius 2 is 2.00 bits per heavy atom. The molecule has 0 atom stereocenters. The molecule has 1 fully saturated rings. The van der Waals surface area contributed by atoms with Gasteiger partial charge in [0.1, 0.15) is 0 Å². The Morgan fingerprint density at radius 3 is 2.12 bits per heavy atom. The summed E-state index contributed by atoms with van der Waals surface area (Å²) in [7, 11) is 0. The fraction of sp³-hybridized carbons (Fsp3) is 0.833. The highest BCUT2D eigenvalue weighted by atomic mass is 19.3. The molecule has 0 aromatic carbocycles. The molecule has 0 N–H and O–H groups in total. The zero-order valence-electron chi connectivity index (χ0n) is 4.82. The highest BCUT2D eigenvalue weighted by molar-refractivity contribution is 4.91.